The predicted octanol–water partition coefficient (Wildman–Crippen LogP) is 4.78. The molecule has 0 aliphatic rings. The monoisotopic (exact) mass is 342 g/mol. The molecule has 112 valence electrons. The number of benzene rings is 2. The van der Waals surface area contributed by atoms with Crippen molar-refractivity contribution in [2.75, 3.05) is 13.6 Å². The van der Waals surface area contributed by atoms with E-state index in [-0.39, 0.29) is 6.04 Å². The fraction of sp³-hybridized carbons (Fsp3) is 0.250. The van der Waals surface area contributed by atoms with Gasteiger partial charge in [-0.05, 0) is 42.4 Å². The number of hydrogen-bond donors (Lipinski definition) is 1. The second-order valence-corrected chi connectivity index (χ2v) is 6.22. The van der Waals surface area contributed by atoms with Crippen molar-refractivity contribution in [3.63, 3.8) is 0 Å². The predicted molar refractivity (Wildman–Crippen MR) is 91.2 cm³/mol. The van der Waals surface area contributed by atoms with Crippen LogP contribution in [0.1, 0.15) is 17.2 Å². The van der Waals surface area contributed by atoms with Gasteiger partial charge in [0.05, 0.1) is 10.0 Å². The number of hydrogen-bond acceptors (Lipinski definition) is 2. The minimum atomic E-state index is 0.0683. The lowest BCUT2D eigenvalue weighted by Gasteiger charge is -2.27. The third-order valence-electron chi connectivity index (χ3n) is 3.40. The van der Waals surface area contributed by atoms with E-state index in [1.54, 1.807) is 6.07 Å². The van der Waals surface area contributed by atoms with Crippen molar-refractivity contribution in [3.8, 4) is 0 Å². The molecule has 0 amide bonds. The summed E-state index contributed by atoms with van der Waals surface area (Å²) in [6.45, 7) is 1.25. The van der Waals surface area contributed by atoms with E-state index in [1.165, 1.54) is 0 Å². The Kier molecular flexibility index (Phi) is 5.91. The van der Waals surface area contributed by atoms with Gasteiger partial charge in [-0.25, -0.2) is 0 Å². The van der Waals surface area contributed by atoms with E-state index in [1.807, 2.05) is 43.4 Å². The lowest BCUT2D eigenvalue weighted by atomic mass is 10.0. The van der Waals surface area contributed by atoms with Crippen LogP contribution in [0.3, 0.4) is 0 Å². The summed E-state index contributed by atoms with van der Waals surface area (Å²) in [6.07, 6.45) is 0. The number of likely N-dealkylation sites (N-methyl/N-ethyl adjacent to an activating group) is 1. The van der Waals surface area contributed by atoms with Crippen LogP contribution in [0.2, 0.25) is 15.1 Å². The molecular weight excluding hydrogens is 327 g/mol. The molecule has 2 rings (SSSR count). The Balaban J connectivity index is 2.18. The molecule has 2 aromatic carbocycles. The van der Waals surface area contributed by atoms with Crippen molar-refractivity contribution < 1.29 is 0 Å². The molecule has 2 N–H and O–H groups in total. The van der Waals surface area contributed by atoms with Crippen LogP contribution in [-0.4, -0.2) is 18.5 Å². The quantitative estimate of drug-likeness (QED) is 0.846. The summed E-state index contributed by atoms with van der Waals surface area (Å²) in [4.78, 5) is 2.17. The first-order valence-corrected chi connectivity index (χ1v) is 7.74. The highest BCUT2D eigenvalue weighted by Crippen LogP contribution is 2.28. The van der Waals surface area contributed by atoms with Gasteiger partial charge in [0.15, 0.2) is 0 Å². The maximum atomic E-state index is 6.09. The summed E-state index contributed by atoms with van der Waals surface area (Å²) >= 11 is 18.1. The number of rotatable bonds is 5. The second kappa shape index (κ2) is 7.48. The molecule has 2 nitrogen and oxygen atoms in total. The molecule has 0 saturated carbocycles. The Morgan fingerprint density at radius 2 is 1.81 bits per heavy atom. The first kappa shape index (κ1) is 16.6. The Bertz CT molecular complexity index is 616. The van der Waals surface area contributed by atoms with Crippen LogP contribution in [0.4, 0.5) is 0 Å². The average molecular weight is 344 g/mol. The molecular formula is C16H17Cl3N2. The summed E-state index contributed by atoms with van der Waals surface area (Å²) < 4.78 is 0. The molecule has 0 aromatic heterocycles. The number of nitrogens with zero attached hydrogens (tertiary/aromatic N) is 1. The van der Waals surface area contributed by atoms with Crippen molar-refractivity contribution >= 4 is 34.8 Å². The largest absolute Gasteiger partial charge is 0.329 e. The molecule has 21 heavy (non-hydrogen) atoms. The second-order valence-electron chi connectivity index (χ2n) is 4.97. The van der Waals surface area contributed by atoms with E-state index in [0.29, 0.717) is 16.6 Å². The molecule has 0 aliphatic carbocycles. The van der Waals surface area contributed by atoms with Gasteiger partial charge in [-0.2, -0.15) is 0 Å². The van der Waals surface area contributed by atoms with Crippen molar-refractivity contribution in [3.05, 3.63) is 68.7 Å². The highest BCUT2D eigenvalue weighted by Gasteiger charge is 2.16. The molecule has 0 radical (unpaired) electrons. The molecule has 1 unspecified atom stereocenters. The Morgan fingerprint density at radius 1 is 1.05 bits per heavy atom. The minimum Gasteiger partial charge on any atom is -0.329 e. The van der Waals surface area contributed by atoms with Gasteiger partial charge in [-0.1, -0.05) is 53.0 Å². The average Bonchev–Trinajstić information content (AvgIpc) is 2.43. The number of nitrogens with two attached hydrogens (primary N) is 1. The van der Waals surface area contributed by atoms with Gasteiger partial charge in [0.25, 0.3) is 0 Å². The summed E-state index contributed by atoms with van der Waals surface area (Å²) in [5.41, 5.74) is 8.13. The van der Waals surface area contributed by atoms with Crippen molar-refractivity contribution in [2.24, 2.45) is 5.73 Å². The van der Waals surface area contributed by atoms with Gasteiger partial charge in [-0.15, -0.1) is 0 Å². The smallest absolute Gasteiger partial charge is 0.0595 e. The van der Waals surface area contributed by atoms with Crippen molar-refractivity contribution in [1.82, 2.24) is 4.90 Å². The zero-order valence-electron chi connectivity index (χ0n) is 11.7. The van der Waals surface area contributed by atoms with Crippen LogP contribution < -0.4 is 5.73 Å². The molecule has 1 atom stereocenters. The van der Waals surface area contributed by atoms with Crippen molar-refractivity contribution in [2.45, 2.75) is 12.6 Å². The maximum absolute atomic E-state index is 6.09. The van der Waals surface area contributed by atoms with E-state index in [4.69, 9.17) is 40.5 Å². The molecule has 0 heterocycles. The zero-order valence-corrected chi connectivity index (χ0v) is 14.0. The van der Waals surface area contributed by atoms with E-state index in [0.717, 1.165) is 22.7 Å². The summed E-state index contributed by atoms with van der Waals surface area (Å²) in [5, 5.41) is 1.83. The highest BCUT2D eigenvalue weighted by molar-refractivity contribution is 6.42. The molecule has 5 heteroatoms. The molecule has 0 bridgehead atoms. The van der Waals surface area contributed by atoms with Gasteiger partial charge < -0.3 is 5.73 Å². The van der Waals surface area contributed by atoms with Crippen LogP contribution in [0.5, 0.6) is 0 Å². The van der Waals surface area contributed by atoms with E-state index < -0.39 is 0 Å². The lowest BCUT2D eigenvalue weighted by Crippen LogP contribution is -2.30. The SMILES string of the molecule is CN(Cc1cccc(Cl)c1)C(CN)c1ccc(Cl)c(Cl)c1. The first-order valence-electron chi connectivity index (χ1n) is 6.61. The molecule has 2 aromatic rings. The van der Waals surface area contributed by atoms with Gasteiger partial charge in [0.2, 0.25) is 0 Å². The highest BCUT2D eigenvalue weighted by atomic mass is 35.5. The van der Waals surface area contributed by atoms with Crippen LogP contribution in [0, 0.1) is 0 Å². The lowest BCUT2D eigenvalue weighted by molar-refractivity contribution is 0.242. The third kappa shape index (κ3) is 4.35. The van der Waals surface area contributed by atoms with E-state index in [2.05, 4.69) is 4.90 Å². The fourth-order valence-corrected chi connectivity index (χ4v) is 2.84. The first-order chi connectivity index (χ1) is 10.0. The van der Waals surface area contributed by atoms with Crippen LogP contribution in [0.25, 0.3) is 0 Å². The topological polar surface area (TPSA) is 29.3 Å². The van der Waals surface area contributed by atoms with E-state index >= 15 is 0 Å². The minimum absolute atomic E-state index is 0.0683. The normalized spacial score (nSPS) is 12.7. The third-order valence-corrected chi connectivity index (χ3v) is 4.38. The Morgan fingerprint density at radius 3 is 2.43 bits per heavy atom. The molecule has 0 fully saturated rings. The molecule has 0 aliphatic heterocycles. The van der Waals surface area contributed by atoms with E-state index in [9.17, 15) is 0 Å². The van der Waals surface area contributed by atoms with Crippen LogP contribution >= 0.6 is 34.8 Å². The summed E-state index contributed by atoms with van der Waals surface area (Å²) in [5.74, 6) is 0. The van der Waals surface area contributed by atoms with Crippen molar-refractivity contribution in [1.29, 1.82) is 0 Å². The summed E-state index contributed by atoms with van der Waals surface area (Å²) in [6, 6.07) is 13.5. The standard InChI is InChI=1S/C16H17Cl3N2/c1-21(10-11-3-2-4-13(17)7-11)16(9-20)12-5-6-14(18)15(19)8-12/h2-8,16H,9-10,20H2,1H3. The zero-order chi connectivity index (χ0) is 15.4. The molecule has 0 saturated heterocycles. The Labute approximate surface area is 140 Å². The molecule has 0 spiro atoms. The van der Waals surface area contributed by atoms with Gasteiger partial charge in [0, 0.05) is 24.2 Å². The maximum Gasteiger partial charge on any atom is 0.0595 e. The van der Waals surface area contributed by atoms with Crippen LogP contribution in [0.15, 0.2) is 42.5 Å². The summed E-state index contributed by atoms with van der Waals surface area (Å²) in [7, 11) is 2.03. The number of halogens is 3. The fourth-order valence-electron chi connectivity index (χ4n) is 2.32. The van der Waals surface area contributed by atoms with Crippen LogP contribution in [-0.2, 0) is 6.54 Å². The van der Waals surface area contributed by atoms with Gasteiger partial charge in [-0.3, -0.25) is 4.90 Å². The van der Waals surface area contributed by atoms with Gasteiger partial charge >= 0.3 is 0 Å². The van der Waals surface area contributed by atoms with Gasteiger partial charge in [0.1, 0.15) is 0 Å². The Hall–Kier alpha value is -0.770.